The van der Waals surface area contributed by atoms with Crippen molar-refractivity contribution in [2.45, 2.75) is 57.8 Å². The molecule has 1 saturated carbocycles. The summed E-state index contributed by atoms with van der Waals surface area (Å²) in [4.78, 5) is 12.2. The Labute approximate surface area is 120 Å². The summed E-state index contributed by atoms with van der Waals surface area (Å²) in [7, 11) is 0. The smallest absolute Gasteiger partial charge is 0.253 e. The molecule has 0 heterocycles. The van der Waals surface area contributed by atoms with Gasteiger partial charge in [0.2, 0.25) is 0 Å². The van der Waals surface area contributed by atoms with Gasteiger partial charge in [-0.05, 0) is 37.0 Å². The summed E-state index contributed by atoms with van der Waals surface area (Å²) in [6, 6.07) is 7.24. The first-order chi connectivity index (χ1) is 9.72. The molecular weight excluding hydrogens is 254 g/mol. The molecule has 0 spiro atoms. The van der Waals surface area contributed by atoms with E-state index < -0.39 is 6.10 Å². The van der Waals surface area contributed by atoms with Gasteiger partial charge in [-0.3, -0.25) is 4.79 Å². The number of nitrogens with one attached hydrogen (secondary N) is 1. The molecule has 1 aromatic rings. The molecule has 1 atom stereocenters. The van der Waals surface area contributed by atoms with Crippen molar-refractivity contribution in [1.29, 1.82) is 0 Å². The summed E-state index contributed by atoms with van der Waals surface area (Å²) in [5, 5.41) is 12.0. The zero-order chi connectivity index (χ0) is 14.4. The summed E-state index contributed by atoms with van der Waals surface area (Å²) in [6.45, 7) is 1.93. The zero-order valence-electron chi connectivity index (χ0n) is 12.0. The maximum Gasteiger partial charge on any atom is 0.253 e. The maximum absolute atomic E-state index is 12.2. The zero-order valence-corrected chi connectivity index (χ0v) is 12.0. The highest BCUT2D eigenvalue weighted by Crippen LogP contribution is 2.23. The van der Waals surface area contributed by atoms with Crippen molar-refractivity contribution in [1.82, 2.24) is 0 Å². The number of hydrogen-bond acceptors (Lipinski definition) is 3. The number of amides is 1. The van der Waals surface area contributed by atoms with Crippen molar-refractivity contribution in [3.8, 4) is 0 Å². The standard InChI is InChI=1S/C16H23NO3/c1-2-15(20-14-8-3-4-9-14)16(19)17-13-7-5-6-12(10-13)11-18/h5-7,10,14-15,18H,2-4,8-9,11H2,1H3,(H,17,19). The number of carbonyl (C=O) groups is 1. The van der Waals surface area contributed by atoms with Crippen molar-refractivity contribution in [3.05, 3.63) is 29.8 Å². The van der Waals surface area contributed by atoms with Crippen molar-refractivity contribution >= 4 is 11.6 Å². The number of hydrogen-bond donors (Lipinski definition) is 2. The quantitative estimate of drug-likeness (QED) is 0.840. The minimum Gasteiger partial charge on any atom is -0.392 e. The lowest BCUT2D eigenvalue weighted by Crippen LogP contribution is -2.32. The molecule has 1 aromatic carbocycles. The van der Waals surface area contributed by atoms with Gasteiger partial charge in [-0.25, -0.2) is 0 Å². The number of ether oxygens (including phenoxy) is 1. The Bertz CT molecular complexity index is 441. The van der Waals surface area contributed by atoms with Gasteiger partial charge in [-0.15, -0.1) is 0 Å². The number of aliphatic hydroxyl groups excluding tert-OH is 1. The second-order valence-electron chi connectivity index (χ2n) is 5.29. The molecule has 0 aromatic heterocycles. The van der Waals surface area contributed by atoms with Gasteiger partial charge >= 0.3 is 0 Å². The van der Waals surface area contributed by atoms with Gasteiger partial charge in [-0.1, -0.05) is 31.9 Å². The highest BCUT2D eigenvalue weighted by molar-refractivity contribution is 5.94. The molecule has 0 bridgehead atoms. The normalized spacial score (nSPS) is 17.1. The Morgan fingerprint density at radius 3 is 2.85 bits per heavy atom. The molecule has 4 heteroatoms. The van der Waals surface area contributed by atoms with Crippen LogP contribution in [-0.4, -0.2) is 23.2 Å². The molecule has 1 aliphatic rings. The largest absolute Gasteiger partial charge is 0.392 e. The average molecular weight is 277 g/mol. The van der Waals surface area contributed by atoms with Crippen LogP contribution in [0.15, 0.2) is 24.3 Å². The van der Waals surface area contributed by atoms with Crippen molar-refractivity contribution in [2.75, 3.05) is 5.32 Å². The van der Waals surface area contributed by atoms with E-state index in [0.717, 1.165) is 18.4 Å². The van der Waals surface area contributed by atoms with Crippen LogP contribution in [-0.2, 0) is 16.1 Å². The van der Waals surface area contributed by atoms with Gasteiger partial charge in [0.25, 0.3) is 5.91 Å². The summed E-state index contributed by atoms with van der Waals surface area (Å²) in [5.41, 5.74) is 1.49. The predicted octanol–water partition coefficient (Wildman–Crippen LogP) is 2.86. The fourth-order valence-electron chi connectivity index (χ4n) is 2.57. The van der Waals surface area contributed by atoms with Gasteiger partial charge in [0, 0.05) is 5.69 Å². The van der Waals surface area contributed by atoms with Crippen LogP contribution in [0.4, 0.5) is 5.69 Å². The Kier molecular flexibility index (Phi) is 5.56. The van der Waals surface area contributed by atoms with Crippen LogP contribution in [0.1, 0.15) is 44.6 Å². The summed E-state index contributed by atoms with van der Waals surface area (Å²) in [5.74, 6) is -0.102. The third-order valence-corrected chi connectivity index (χ3v) is 3.70. The fraction of sp³-hybridized carbons (Fsp3) is 0.562. The van der Waals surface area contributed by atoms with Crippen molar-refractivity contribution in [3.63, 3.8) is 0 Å². The Morgan fingerprint density at radius 2 is 2.20 bits per heavy atom. The molecule has 1 unspecified atom stereocenters. The number of carbonyl (C=O) groups excluding carboxylic acids is 1. The van der Waals surface area contributed by atoms with Crippen molar-refractivity contribution < 1.29 is 14.6 Å². The number of anilines is 1. The van der Waals surface area contributed by atoms with Gasteiger partial charge in [-0.2, -0.15) is 0 Å². The topological polar surface area (TPSA) is 58.6 Å². The molecular formula is C16H23NO3. The maximum atomic E-state index is 12.2. The molecule has 110 valence electrons. The van der Waals surface area contributed by atoms with E-state index in [4.69, 9.17) is 9.84 Å². The van der Waals surface area contributed by atoms with Crippen LogP contribution in [0.3, 0.4) is 0 Å². The highest BCUT2D eigenvalue weighted by Gasteiger charge is 2.24. The highest BCUT2D eigenvalue weighted by atomic mass is 16.5. The molecule has 1 amide bonds. The van der Waals surface area contributed by atoms with Crippen LogP contribution in [0.5, 0.6) is 0 Å². The van der Waals surface area contributed by atoms with E-state index in [2.05, 4.69) is 5.32 Å². The molecule has 2 rings (SSSR count). The monoisotopic (exact) mass is 277 g/mol. The van der Waals surface area contributed by atoms with Crippen LogP contribution >= 0.6 is 0 Å². The first kappa shape index (κ1) is 15.0. The molecule has 0 radical (unpaired) electrons. The van der Waals surface area contributed by atoms with E-state index in [0.29, 0.717) is 12.1 Å². The SMILES string of the molecule is CCC(OC1CCCC1)C(=O)Nc1cccc(CO)c1. The van der Waals surface area contributed by atoms with Crippen LogP contribution in [0.2, 0.25) is 0 Å². The van der Waals surface area contributed by atoms with E-state index in [1.165, 1.54) is 12.8 Å². The first-order valence-electron chi connectivity index (χ1n) is 7.39. The predicted molar refractivity (Wildman–Crippen MR) is 78.4 cm³/mol. The first-order valence-corrected chi connectivity index (χ1v) is 7.39. The summed E-state index contributed by atoms with van der Waals surface area (Å²) >= 11 is 0. The van der Waals surface area contributed by atoms with Gasteiger partial charge in [0.05, 0.1) is 12.7 Å². The number of rotatable bonds is 6. The van der Waals surface area contributed by atoms with Gasteiger partial charge in [0.1, 0.15) is 6.10 Å². The molecule has 1 aliphatic carbocycles. The van der Waals surface area contributed by atoms with Crippen LogP contribution < -0.4 is 5.32 Å². The third-order valence-electron chi connectivity index (χ3n) is 3.70. The lowest BCUT2D eigenvalue weighted by molar-refractivity contribution is -0.131. The van der Waals surface area contributed by atoms with E-state index >= 15 is 0 Å². The second-order valence-corrected chi connectivity index (χ2v) is 5.29. The second kappa shape index (κ2) is 7.41. The molecule has 1 fully saturated rings. The van der Waals surface area contributed by atoms with E-state index in [1.807, 2.05) is 25.1 Å². The summed E-state index contributed by atoms with van der Waals surface area (Å²) < 4.78 is 5.89. The molecule has 20 heavy (non-hydrogen) atoms. The summed E-state index contributed by atoms with van der Waals surface area (Å²) in [6.07, 6.45) is 5.02. The Morgan fingerprint density at radius 1 is 1.45 bits per heavy atom. The molecule has 0 saturated heterocycles. The van der Waals surface area contributed by atoms with Gasteiger partial charge < -0.3 is 15.2 Å². The Hall–Kier alpha value is -1.39. The number of benzene rings is 1. The lowest BCUT2D eigenvalue weighted by Gasteiger charge is -2.20. The van der Waals surface area contributed by atoms with E-state index in [9.17, 15) is 4.79 Å². The van der Waals surface area contributed by atoms with E-state index in [-0.39, 0.29) is 18.6 Å². The lowest BCUT2D eigenvalue weighted by atomic mass is 10.2. The molecule has 0 aliphatic heterocycles. The minimum absolute atomic E-state index is 0.0283. The number of aliphatic hydroxyl groups is 1. The average Bonchev–Trinajstić information content (AvgIpc) is 2.97. The Balaban J connectivity index is 1.93. The van der Waals surface area contributed by atoms with Crippen LogP contribution in [0, 0.1) is 0 Å². The molecule has 2 N–H and O–H groups in total. The van der Waals surface area contributed by atoms with Crippen molar-refractivity contribution in [2.24, 2.45) is 0 Å². The molecule has 4 nitrogen and oxygen atoms in total. The van der Waals surface area contributed by atoms with Crippen LogP contribution in [0.25, 0.3) is 0 Å². The third kappa shape index (κ3) is 4.05. The minimum atomic E-state index is -0.393. The van der Waals surface area contributed by atoms with E-state index in [1.54, 1.807) is 6.07 Å². The fourth-order valence-corrected chi connectivity index (χ4v) is 2.57. The van der Waals surface area contributed by atoms with Gasteiger partial charge in [0.15, 0.2) is 0 Å².